The number of rotatable bonds is 7. The number of hydrogen-bond acceptors (Lipinski definition) is 4. The molecule has 0 amide bonds. The molecule has 2 atom stereocenters. The maximum absolute atomic E-state index is 13.7. The number of ether oxygens (including phenoxy) is 1. The molecule has 0 aromatic heterocycles. The highest BCUT2D eigenvalue weighted by atomic mass is 16.5. The van der Waals surface area contributed by atoms with Crippen LogP contribution in [0, 0.1) is 23.2 Å². The first-order valence-corrected chi connectivity index (χ1v) is 11.7. The topological polar surface area (TPSA) is 101 Å². The summed E-state index contributed by atoms with van der Waals surface area (Å²) < 4.78 is 6.16. The van der Waals surface area contributed by atoms with Crippen LogP contribution in [-0.2, 0) is 19.1 Å². The quantitative estimate of drug-likeness (QED) is 0.242. The molecule has 0 heterocycles. The lowest BCUT2D eigenvalue weighted by molar-refractivity contribution is -0.140. The van der Waals surface area contributed by atoms with Gasteiger partial charge >= 0.3 is 11.9 Å². The van der Waals surface area contributed by atoms with Gasteiger partial charge in [0, 0.05) is 22.0 Å². The number of carboxylic acid groups (broad SMARTS) is 2. The molecule has 2 N–H and O–H groups in total. The first kappa shape index (κ1) is 24.5. The van der Waals surface area contributed by atoms with Crippen LogP contribution in [0.1, 0.15) is 50.3 Å². The van der Waals surface area contributed by atoms with E-state index >= 15 is 0 Å². The van der Waals surface area contributed by atoms with E-state index in [1.807, 2.05) is 44.2 Å². The zero-order chi connectivity index (χ0) is 25.6. The summed E-state index contributed by atoms with van der Waals surface area (Å²) in [6.07, 6.45) is 3.28. The van der Waals surface area contributed by atoms with E-state index in [2.05, 4.69) is 13.8 Å². The second kappa shape index (κ2) is 8.52. The second-order valence-corrected chi connectivity index (χ2v) is 10.3. The summed E-state index contributed by atoms with van der Waals surface area (Å²) in [5, 5.41) is 19.3. The number of hydrogen-bond donors (Lipinski definition) is 2. The number of ketones is 1. The lowest BCUT2D eigenvalue weighted by atomic mass is 9.64. The first-order valence-electron chi connectivity index (χ1n) is 11.7. The van der Waals surface area contributed by atoms with E-state index in [0.717, 1.165) is 11.1 Å². The van der Waals surface area contributed by atoms with Gasteiger partial charge in [-0.15, -0.1) is 0 Å². The van der Waals surface area contributed by atoms with Crippen molar-refractivity contribution in [2.45, 2.75) is 40.5 Å². The van der Waals surface area contributed by atoms with Crippen molar-refractivity contribution in [3.8, 4) is 0 Å². The molecule has 35 heavy (non-hydrogen) atoms. The van der Waals surface area contributed by atoms with E-state index in [4.69, 9.17) is 4.74 Å². The van der Waals surface area contributed by atoms with Gasteiger partial charge in [-0.2, -0.15) is 0 Å². The number of carbonyl (C=O) groups excluding carboxylic acids is 1. The van der Waals surface area contributed by atoms with Gasteiger partial charge in [0.15, 0.2) is 11.4 Å². The zero-order valence-electron chi connectivity index (χ0n) is 20.4. The fraction of sp³-hybridized carbons (Fsp3) is 0.345. The van der Waals surface area contributed by atoms with Crippen LogP contribution in [0.5, 0.6) is 0 Å². The van der Waals surface area contributed by atoms with Crippen molar-refractivity contribution in [2.75, 3.05) is 6.61 Å². The molecule has 2 fully saturated rings. The molecular weight excluding hydrogens is 444 g/mol. The highest BCUT2D eigenvalue weighted by molar-refractivity contribution is 6.18. The van der Waals surface area contributed by atoms with Crippen molar-refractivity contribution in [1.29, 1.82) is 0 Å². The third-order valence-electron chi connectivity index (χ3n) is 8.43. The van der Waals surface area contributed by atoms with E-state index in [0.29, 0.717) is 24.0 Å². The van der Waals surface area contributed by atoms with Crippen LogP contribution in [-0.4, -0.2) is 34.5 Å². The third-order valence-corrected chi connectivity index (χ3v) is 8.43. The predicted octanol–water partition coefficient (Wildman–Crippen LogP) is 5.37. The molecule has 0 spiro atoms. The van der Waals surface area contributed by atoms with Gasteiger partial charge in [0.25, 0.3) is 0 Å². The predicted molar refractivity (Wildman–Crippen MR) is 132 cm³/mol. The molecule has 6 heteroatoms. The molecule has 2 aromatic rings. The highest BCUT2D eigenvalue weighted by Crippen LogP contribution is 2.73. The van der Waals surface area contributed by atoms with Crippen molar-refractivity contribution in [3.63, 3.8) is 0 Å². The van der Waals surface area contributed by atoms with Gasteiger partial charge in [-0.1, -0.05) is 80.9 Å². The normalized spacial score (nSPS) is 25.5. The largest absolute Gasteiger partial charge is 0.491 e. The Morgan fingerprint density at radius 1 is 0.943 bits per heavy atom. The number of aryl methyl sites for hydroxylation is 1. The number of aliphatic carboxylic acids is 2. The van der Waals surface area contributed by atoms with E-state index in [1.54, 1.807) is 30.3 Å². The Labute approximate surface area is 204 Å². The van der Waals surface area contributed by atoms with Gasteiger partial charge in [-0.25, -0.2) is 9.59 Å². The molecule has 2 saturated carbocycles. The first-order chi connectivity index (χ1) is 16.4. The lowest BCUT2D eigenvalue weighted by Gasteiger charge is -2.40. The van der Waals surface area contributed by atoms with Crippen molar-refractivity contribution < 1.29 is 29.3 Å². The second-order valence-electron chi connectivity index (χ2n) is 10.3. The molecular formula is C29H30O6. The van der Waals surface area contributed by atoms with Crippen LogP contribution >= 0.6 is 0 Å². The highest BCUT2D eigenvalue weighted by Gasteiger charge is 2.72. The number of benzene rings is 2. The summed E-state index contributed by atoms with van der Waals surface area (Å²) in [7, 11) is 0. The summed E-state index contributed by atoms with van der Waals surface area (Å²) in [4.78, 5) is 37.5. The van der Waals surface area contributed by atoms with Crippen molar-refractivity contribution >= 4 is 29.6 Å². The Balaban J connectivity index is 1.83. The maximum Gasteiger partial charge on any atom is 0.347 e. The van der Waals surface area contributed by atoms with Crippen LogP contribution in [0.15, 0.2) is 65.7 Å². The Morgan fingerprint density at radius 2 is 1.54 bits per heavy atom. The molecule has 182 valence electrons. The van der Waals surface area contributed by atoms with E-state index in [9.17, 15) is 24.6 Å². The fourth-order valence-corrected chi connectivity index (χ4v) is 5.73. The number of fused-ring (bicyclic) bond motifs is 2. The van der Waals surface area contributed by atoms with Gasteiger partial charge < -0.3 is 14.9 Å². The average Bonchev–Trinajstić information content (AvgIpc) is 3.08. The minimum absolute atomic E-state index is 0.00663. The Morgan fingerprint density at radius 3 is 2.11 bits per heavy atom. The lowest BCUT2D eigenvalue weighted by Crippen LogP contribution is -2.38. The molecule has 4 rings (SSSR count). The molecule has 0 radical (unpaired) electrons. The van der Waals surface area contributed by atoms with E-state index < -0.39 is 33.8 Å². The molecule has 2 unspecified atom stereocenters. The van der Waals surface area contributed by atoms with Crippen molar-refractivity contribution in [1.82, 2.24) is 0 Å². The standard InChI is InChI=1S/C29H30O6/c1-18-10-12-19(13-11-18)16-21-24(30)28(4)14-15-29(21,27(28,2)3)17-35-23(20-8-6-5-7-9-20)22(25(31)32)26(33)34/h5-13,16H,14-15,17H2,1-4H3,(H,31,32)(H,33,34). The molecule has 2 bridgehead atoms. The van der Waals surface area contributed by atoms with Crippen molar-refractivity contribution in [3.05, 3.63) is 82.4 Å². The average molecular weight is 475 g/mol. The van der Waals surface area contributed by atoms with Crippen LogP contribution in [0.2, 0.25) is 0 Å². The molecule has 0 aliphatic heterocycles. The van der Waals surface area contributed by atoms with E-state index in [1.165, 1.54) is 0 Å². The van der Waals surface area contributed by atoms with Gasteiger partial charge in [0.1, 0.15) is 5.76 Å². The van der Waals surface area contributed by atoms with Crippen LogP contribution in [0.25, 0.3) is 11.8 Å². The Kier molecular flexibility index (Phi) is 5.95. The summed E-state index contributed by atoms with van der Waals surface area (Å²) >= 11 is 0. The van der Waals surface area contributed by atoms with E-state index in [-0.39, 0.29) is 18.1 Å². The molecule has 2 aromatic carbocycles. The van der Waals surface area contributed by atoms with Crippen LogP contribution in [0.4, 0.5) is 0 Å². The number of Topliss-reactive ketones (excluding diaryl/α,β-unsaturated/α-hetero) is 1. The fourth-order valence-electron chi connectivity index (χ4n) is 5.73. The summed E-state index contributed by atoms with van der Waals surface area (Å²) in [6, 6.07) is 16.3. The minimum atomic E-state index is -1.58. The zero-order valence-corrected chi connectivity index (χ0v) is 20.4. The Bertz CT molecular complexity index is 1240. The molecule has 2 aliphatic carbocycles. The van der Waals surface area contributed by atoms with Crippen LogP contribution in [0.3, 0.4) is 0 Å². The summed E-state index contributed by atoms with van der Waals surface area (Å²) in [5.41, 5.74) is 0.417. The van der Waals surface area contributed by atoms with Crippen molar-refractivity contribution in [2.24, 2.45) is 16.2 Å². The molecule has 2 aliphatic rings. The van der Waals surface area contributed by atoms with Gasteiger partial charge in [0.05, 0.1) is 6.61 Å². The van der Waals surface area contributed by atoms with Gasteiger partial charge in [0.2, 0.25) is 0 Å². The number of carboxylic acids is 2. The summed E-state index contributed by atoms with van der Waals surface area (Å²) in [6.45, 7) is 8.09. The molecule has 6 nitrogen and oxygen atoms in total. The third kappa shape index (κ3) is 3.68. The summed E-state index contributed by atoms with van der Waals surface area (Å²) in [5.74, 6) is -3.30. The minimum Gasteiger partial charge on any atom is -0.491 e. The maximum atomic E-state index is 13.7. The number of carbonyl (C=O) groups is 3. The van der Waals surface area contributed by atoms with Gasteiger partial charge in [-0.05, 0) is 36.8 Å². The monoisotopic (exact) mass is 474 g/mol. The smallest absolute Gasteiger partial charge is 0.347 e. The molecule has 0 saturated heterocycles. The SMILES string of the molecule is Cc1ccc(C=C2C(=O)C3(C)CCC2(COC(=C(C(=O)O)C(=O)O)c2ccccc2)C3(C)C)cc1. The van der Waals surface area contributed by atoms with Crippen LogP contribution < -0.4 is 0 Å². The van der Waals surface area contributed by atoms with Gasteiger partial charge in [-0.3, -0.25) is 4.79 Å². The Hall–Kier alpha value is -3.67.